The third-order valence-corrected chi connectivity index (χ3v) is 10.7. The van der Waals surface area contributed by atoms with Crippen LogP contribution in [-0.4, -0.2) is 9.55 Å². The van der Waals surface area contributed by atoms with Crippen molar-refractivity contribution in [2.24, 2.45) is 0 Å². The molecule has 2 heteroatoms. The molecule has 51 heavy (non-hydrogen) atoms. The summed E-state index contributed by atoms with van der Waals surface area (Å²) in [5.74, 6) is 0. The Labute approximate surface area is 294 Å². The predicted molar refractivity (Wildman–Crippen MR) is 218 cm³/mol. The van der Waals surface area contributed by atoms with Crippen molar-refractivity contribution in [1.29, 1.82) is 0 Å². The lowest BCUT2D eigenvalue weighted by Crippen LogP contribution is -1.96. The van der Waals surface area contributed by atoms with Gasteiger partial charge in [-0.15, -0.1) is 5.73 Å². The van der Waals surface area contributed by atoms with Crippen molar-refractivity contribution >= 4 is 77.2 Å². The normalized spacial score (nSPS) is 12.5. The van der Waals surface area contributed by atoms with Crippen molar-refractivity contribution in [2.75, 3.05) is 0 Å². The Morgan fingerprint density at radius 1 is 0.431 bits per heavy atom. The first-order valence-corrected chi connectivity index (χ1v) is 17.5. The highest BCUT2D eigenvalue weighted by Crippen LogP contribution is 2.41. The Hall–Kier alpha value is -6.86. The topological polar surface area (TPSA) is 20.7 Å². The number of nitrogens with zero attached hydrogens (tertiary/aromatic N) is 1. The molecule has 236 valence electrons. The first kappa shape index (κ1) is 28.0. The first-order valence-electron chi connectivity index (χ1n) is 17.5. The lowest BCUT2D eigenvalue weighted by Gasteiger charge is -2.14. The molecule has 0 spiro atoms. The summed E-state index contributed by atoms with van der Waals surface area (Å²) in [5.41, 5.74) is 15.3. The van der Waals surface area contributed by atoms with Crippen LogP contribution < -0.4 is 0 Å². The van der Waals surface area contributed by atoms with Crippen LogP contribution in [0.15, 0.2) is 170 Å². The number of allylic oxidation sites excluding steroid dienone is 2. The van der Waals surface area contributed by atoms with E-state index < -0.39 is 0 Å². The first-order chi connectivity index (χ1) is 25.3. The van der Waals surface area contributed by atoms with Crippen molar-refractivity contribution in [3.05, 3.63) is 181 Å². The van der Waals surface area contributed by atoms with Gasteiger partial charge in [0.05, 0.1) is 11.2 Å². The fourth-order valence-corrected chi connectivity index (χ4v) is 8.36. The molecule has 2 heterocycles. The fourth-order valence-electron chi connectivity index (χ4n) is 8.36. The number of fused-ring (bicyclic) bond motifs is 12. The highest BCUT2D eigenvalue weighted by molar-refractivity contribution is 6.26. The van der Waals surface area contributed by atoms with Crippen molar-refractivity contribution in [1.82, 2.24) is 9.55 Å². The van der Waals surface area contributed by atoms with Crippen molar-refractivity contribution in [3.8, 4) is 27.9 Å². The van der Waals surface area contributed by atoms with Crippen molar-refractivity contribution in [3.63, 3.8) is 0 Å². The van der Waals surface area contributed by atoms with E-state index in [2.05, 4.69) is 185 Å². The number of hydrogen-bond acceptors (Lipinski definition) is 0. The molecule has 10 aromatic rings. The molecule has 0 saturated carbocycles. The summed E-state index contributed by atoms with van der Waals surface area (Å²) in [6, 6.07) is 55.7. The molecule has 0 bridgehead atoms. The maximum atomic E-state index is 3.58. The summed E-state index contributed by atoms with van der Waals surface area (Å²) in [5, 5.41) is 11.4. The number of rotatable bonds is 3. The maximum absolute atomic E-state index is 3.58. The zero-order valence-electron chi connectivity index (χ0n) is 27.7. The molecule has 8 aromatic carbocycles. The Morgan fingerprint density at radius 3 is 1.75 bits per heavy atom. The molecular formula is C49H30N2. The SMILES string of the molecule is C1=CC=Cc2c(c3cc(-c4ccc5c(c4)c4ccccc4c4ccc(-c6ccc7[nH]c8ccccc8c7c6)cc45)ccc3n2-c2ccccc2)C=1. The van der Waals surface area contributed by atoms with E-state index in [-0.39, 0.29) is 0 Å². The standard InChI is InChI=1S/C49H30N2/c1-3-11-35(12-4-1)51-48-18-6-2-5-16-41(48)45-30-34(22-26-49(45)51)32-20-24-39-42(27-32)37-14-8-7-13-36(37)38-23-19-31(28-43(38)39)33-21-25-47-44(29-33)40-15-9-10-17-46(40)50-47/h1-4,6-30,50H. The average molecular weight is 647 g/mol. The number of hydrogen-bond donors (Lipinski definition) is 1. The molecule has 0 aliphatic heterocycles. The minimum Gasteiger partial charge on any atom is -0.355 e. The van der Waals surface area contributed by atoms with E-state index in [0.29, 0.717) is 0 Å². The average Bonchev–Trinajstić information content (AvgIpc) is 3.61. The van der Waals surface area contributed by atoms with Crippen LogP contribution >= 0.6 is 0 Å². The van der Waals surface area contributed by atoms with Gasteiger partial charge in [0.15, 0.2) is 0 Å². The van der Waals surface area contributed by atoms with E-state index >= 15 is 0 Å². The quantitative estimate of drug-likeness (QED) is 0.146. The van der Waals surface area contributed by atoms with E-state index in [4.69, 9.17) is 0 Å². The van der Waals surface area contributed by atoms with E-state index in [1.165, 1.54) is 98.5 Å². The second-order valence-electron chi connectivity index (χ2n) is 13.5. The molecule has 1 N–H and O–H groups in total. The molecular weight excluding hydrogens is 617 g/mol. The molecule has 0 atom stereocenters. The summed E-state index contributed by atoms with van der Waals surface area (Å²) < 4.78 is 2.36. The lowest BCUT2D eigenvalue weighted by atomic mass is 9.90. The molecule has 0 radical (unpaired) electrons. The van der Waals surface area contributed by atoms with Crippen LogP contribution in [0.5, 0.6) is 0 Å². The van der Waals surface area contributed by atoms with Gasteiger partial charge in [-0.25, -0.2) is 0 Å². The number of nitrogens with one attached hydrogen (secondary N) is 1. The van der Waals surface area contributed by atoms with Crippen LogP contribution in [-0.2, 0) is 0 Å². The highest BCUT2D eigenvalue weighted by atomic mass is 15.0. The Balaban J connectivity index is 1.11. The zero-order valence-corrected chi connectivity index (χ0v) is 27.7. The van der Waals surface area contributed by atoms with Crippen LogP contribution in [0.25, 0.3) is 105 Å². The second kappa shape index (κ2) is 10.8. The van der Waals surface area contributed by atoms with Gasteiger partial charge in [0.2, 0.25) is 0 Å². The van der Waals surface area contributed by atoms with Gasteiger partial charge in [-0.2, -0.15) is 0 Å². The number of benzene rings is 8. The zero-order chi connectivity index (χ0) is 33.5. The van der Waals surface area contributed by atoms with Crippen molar-refractivity contribution in [2.45, 2.75) is 0 Å². The van der Waals surface area contributed by atoms with Gasteiger partial charge in [-0.05, 0) is 127 Å². The van der Waals surface area contributed by atoms with E-state index in [1.807, 2.05) is 6.08 Å². The maximum Gasteiger partial charge on any atom is 0.0547 e. The van der Waals surface area contributed by atoms with Crippen LogP contribution in [0.3, 0.4) is 0 Å². The van der Waals surface area contributed by atoms with Crippen LogP contribution in [0, 0.1) is 0 Å². The summed E-state index contributed by atoms with van der Waals surface area (Å²) >= 11 is 0. The molecule has 0 amide bonds. The van der Waals surface area contributed by atoms with Gasteiger partial charge in [0, 0.05) is 38.4 Å². The van der Waals surface area contributed by atoms with Gasteiger partial charge < -0.3 is 9.55 Å². The van der Waals surface area contributed by atoms with Gasteiger partial charge in [-0.3, -0.25) is 0 Å². The molecule has 1 aliphatic rings. The minimum atomic E-state index is 1.15. The van der Waals surface area contributed by atoms with Gasteiger partial charge in [0.25, 0.3) is 0 Å². The second-order valence-corrected chi connectivity index (χ2v) is 13.5. The van der Waals surface area contributed by atoms with E-state index in [9.17, 15) is 0 Å². The van der Waals surface area contributed by atoms with E-state index in [0.717, 1.165) is 5.69 Å². The molecule has 2 aromatic heterocycles. The van der Waals surface area contributed by atoms with Crippen LogP contribution in [0.4, 0.5) is 0 Å². The summed E-state index contributed by atoms with van der Waals surface area (Å²) in [6.07, 6.45) is 8.37. The largest absolute Gasteiger partial charge is 0.355 e. The minimum absolute atomic E-state index is 1.15. The van der Waals surface area contributed by atoms with Gasteiger partial charge >= 0.3 is 0 Å². The van der Waals surface area contributed by atoms with Gasteiger partial charge in [0.1, 0.15) is 0 Å². The Bertz CT molecular complexity index is 3160. The van der Waals surface area contributed by atoms with Crippen LogP contribution in [0.1, 0.15) is 11.3 Å². The number of para-hydroxylation sites is 2. The molecule has 2 nitrogen and oxygen atoms in total. The molecule has 11 rings (SSSR count). The van der Waals surface area contributed by atoms with Gasteiger partial charge in [-0.1, -0.05) is 103 Å². The van der Waals surface area contributed by atoms with Crippen molar-refractivity contribution < 1.29 is 0 Å². The monoisotopic (exact) mass is 646 g/mol. The highest BCUT2D eigenvalue weighted by Gasteiger charge is 2.18. The lowest BCUT2D eigenvalue weighted by molar-refractivity contribution is 1.11. The number of H-pyrrole nitrogens is 1. The Kier molecular flexibility index (Phi) is 5.95. The third-order valence-electron chi connectivity index (χ3n) is 10.7. The Morgan fingerprint density at radius 2 is 0.980 bits per heavy atom. The molecule has 1 aliphatic carbocycles. The summed E-state index contributed by atoms with van der Waals surface area (Å²) in [7, 11) is 0. The number of aromatic amines is 1. The summed E-state index contributed by atoms with van der Waals surface area (Å²) in [6.45, 7) is 0. The molecule has 0 saturated heterocycles. The third kappa shape index (κ3) is 4.25. The number of aromatic nitrogens is 2. The smallest absolute Gasteiger partial charge is 0.0547 e. The van der Waals surface area contributed by atoms with Crippen LogP contribution in [0.2, 0.25) is 0 Å². The molecule has 0 fully saturated rings. The summed E-state index contributed by atoms with van der Waals surface area (Å²) in [4.78, 5) is 3.58. The van der Waals surface area contributed by atoms with E-state index in [1.54, 1.807) is 0 Å². The fraction of sp³-hybridized carbons (Fsp3) is 0. The molecule has 0 unspecified atom stereocenters. The predicted octanol–water partition coefficient (Wildman–Crippen LogP) is 13.3.